The first-order chi connectivity index (χ1) is 10.6. The zero-order valence-corrected chi connectivity index (χ0v) is 13.9. The monoisotopic (exact) mass is 318 g/mol. The maximum atomic E-state index is 12.3. The van der Waals surface area contributed by atoms with E-state index < -0.39 is 10.8 Å². The molecule has 1 aromatic heterocycles. The molecule has 0 saturated carbocycles. The average Bonchev–Trinajstić information content (AvgIpc) is 2.91. The van der Waals surface area contributed by atoms with E-state index >= 15 is 0 Å². The van der Waals surface area contributed by atoms with E-state index in [1.807, 2.05) is 42.9 Å². The number of hydrogen-bond acceptors (Lipinski definition) is 3. The summed E-state index contributed by atoms with van der Waals surface area (Å²) < 4.78 is 19.6. The van der Waals surface area contributed by atoms with Gasteiger partial charge in [-0.25, -0.2) is 0 Å². The second kappa shape index (κ2) is 7.94. The smallest absolute Gasteiger partial charge is 0.120 e. The van der Waals surface area contributed by atoms with Crippen LogP contribution < -0.4 is 4.74 Å². The van der Waals surface area contributed by atoms with Crippen molar-refractivity contribution in [1.29, 1.82) is 0 Å². The number of ether oxygens (including phenoxy) is 1. The number of nitrogens with zero attached hydrogens (tertiary/aromatic N) is 2. The van der Waals surface area contributed by atoms with Crippen LogP contribution in [0, 0.1) is 6.92 Å². The molecule has 1 atom stereocenters. The van der Waals surface area contributed by atoms with Crippen molar-refractivity contribution in [3.63, 3.8) is 0 Å². The van der Waals surface area contributed by atoms with Crippen LogP contribution >= 0.6 is 0 Å². The SMILES string of the molecule is C=CCOc1ccc(CS(=O)CCc2ccnn2C)c(C)c1. The Morgan fingerprint density at radius 3 is 2.86 bits per heavy atom. The topological polar surface area (TPSA) is 44.1 Å². The summed E-state index contributed by atoms with van der Waals surface area (Å²) in [5, 5.41) is 4.12. The van der Waals surface area contributed by atoms with E-state index in [1.54, 1.807) is 12.3 Å². The number of hydrogen-bond donors (Lipinski definition) is 0. The van der Waals surface area contributed by atoms with Gasteiger partial charge < -0.3 is 4.74 Å². The minimum Gasteiger partial charge on any atom is -0.490 e. The molecule has 0 amide bonds. The second-order valence-corrected chi connectivity index (χ2v) is 6.75. The first-order valence-electron chi connectivity index (χ1n) is 7.25. The quantitative estimate of drug-likeness (QED) is 0.703. The van der Waals surface area contributed by atoms with Gasteiger partial charge in [0.2, 0.25) is 0 Å². The number of aryl methyl sites for hydroxylation is 3. The van der Waals surface area contributed by atoms with Gasteiger partial charge in [0.25, 0.3) is 0 Å². The van der Waals surface area contributed by atoms with E-state index in [1.165, 1.54) is 0 Å². The summed E-state index contributed by atoms with van der Waals surface area (Å²) in [5.74, 6) is 2.04. The molecule has 22 heavy (non-hydrogen) atoms. The highest BCUT2D eigenvalue weighted by Gasteiger charge is 2.08. The molecule has 0 aliphatic rings. The van der Waals surface area contributed by atoms with Gasteiger partial charge in [-0.05, 0) is 36.2 Å². The number of rotatable bonds is 8. The molecule has 0 spiro atoms. The van der Waals surface area contributed by atoms with Gasteiger partial charge in [-0.3, -0.25) is 8.89 Å². The normalized spacial score (nSPS) is 12.1. The van der Waals surface area contributed by atoms with E-state index in [-0.39, 0.29) is 0 Å². The highest BCUT2D eigenvalue weighted by molar-refractivity contribution is 7.84. The van der Waals surface area contributed by atoms with E-state index in [9.17, 15) is 4.21 Å². The summed E-state index contributed by atoms with van der Waals surface area (Å²) >= 11 is 0. The van der Waals surface area contributed by atoms with Gasteiger partial charge in [0, 0.05) is 47.7 Å². The second-order valence-electron chi connectivity index (χ2n) is 5.17. The van der Waals surface area contributed by atoms with E-state index in [4.69, 9.17) is 4.74 Å². The molecule has 1 unspecified atom stereocenters. The largest absolute Gasteiger partial charge is 0.490 e. The Hall–Kier alpha value is -1.88. The van der Waals surface area contributed by atoms with Crippen LogP contribution in [-0.2, 0) is 30.0 Å². The Balaban J connectivity index is 1.91. The molecule has 4 nitrogen and oxygen atoms in total. The molecule has 0 radical (unpaired) electrons. The van der Waals surface area contributed by atoms with Gasteiger partial charge in [0.05, 0.1) is 0 Å². The van der Waals surface area contributed by atoms with Crippen molar-refractivity contribution in [2.24, 2.45) is 7.05 Å². The van der Waals surface area contributed by atoms with Gasteiger partial charge in [-0.1, -0.05) is 18.7 Å². The first kappa shape index (κ1) is 16.5. The Morgan fingerprint density at radius 1 is 1.41 bits per heavy atom. The lowest BCUT2D eigenvalue weighted by molar-refractivity contribution is 0.363. The maximum absolute atomic E-state index is 12.3. The third-order valence-corrected chi connectivity index (χ3v) is 4.80. The van der Waals surface area contributed by atoms with Crippen molar-refractivity contribution in [3.8, 4) is 5.75 Å². The van der Waals surface area contributed by atoms with Crippen molar-refractivity contribution in [2.45, 2.75) is 19.1 Å². The minimum atomic E-state index is -0.884. The van der Waals surface area contributed by atoms with Gasteiger partial charge in [-0.15, -0.1) is 0 Å². The molecule has 118 valence electrons. The highest BCUT2D eigenvalue weighted by Crippen LogP contribution is 2.19. The molecule has 2 rings (SSSR count). The summed E-state index contributed by atoms with van der Waals surface area (Å²) in [6, 6.07) is 7.87. The van der Waals surface area contributed by atoms with Crippen LogP contribution in [0.25, 0.3) is 0 Å². The zero-order valence-electron chi connectivity index (χ0n) is 13.1. The molecule has 5 heteroatoms. The van der Waals surface area contributed by atoms with E-state index in [0.717, 1.165) is 29.0 Å². The van der Waals surface area contributed by atoms with Gasteiger partial charge in [0.1, 0.15) is 12.4 Å². The lowest BCUT2D eigenvalue weighted by Crippen LogP contribution is -2.08. The number of benzene rings is 1. The Labute approximate surface area is 134 Å². The third-order valence-electron chi connectivity index (χ3n) is 3.51. The van der Waals surface area contributed by atoms with Crippen molar-refractivity contribution in [1.82, 2.24) is 9.78 Å². The van der Waals surface area contributed by atoms with Crippen LogP contribution in [-0.4, -0.2) is 26.3 Å². The standard InChI is InChI=1S/C17H22N2O2S/c1-4-10-21-17-6-5-15(14(2)12-17)13-22(20)11-8-16-7-9-18-19(16)3/h4-7,9,12H,1,8,10-11,13H2,2-3H3. The number of aromatic nitrogens is 2. The molecule has 1 aromatic carbocycles. The molecule has 0 aliphatic carbocycles. The maximum Gasteiger partial charge on any atom is 0.120 e. The Bertz CT molecular complexity index is 664. The summed E-state index contributed by atoms with van der Waals surface area (Å²) in [6.07, 6.45) is 4.27. The fourth-order valence-corrected chi connectivity index (χ4v) is 3.44. The highest BCUT2D eigenvalue weighted by atomic mass is 32.2. The van der Waals surface area contributed by atoms with Crippen LogP contribution in [0.5, 0.6) is 5.75 Å². The van der Waals surface area contributed by atoms with Crippen LogP contribution in [0.3, 0.4) is 0 Å². The molecular formula is C17H22N2O2S. The Kier molecular flexibility index (Phi) is 5.95. The summed E-state index contributed by atoms with van der Waals surface area (Å²) in [4.78, 5) is 0. The molecule has 0 saturated heterocycles. The zero-order chi connectivity index (χ0) is 15.9. The summed E-state index contributed by atoms with van der Waals surface area (Å²) in [6.45, 7) is 6.15. The van der Waals surface area contributed by atoms with Gasteiger partial charge in [0.15, 0.2) is 0 Å². The summed E-state index contributed by atoms with van der Waals surface area (Å²) in [5.41, 5.74) is 3.32. The predicted octanol–water partition coefficient (Wildman–Crippen LogP) is 2.78. The van der Waals surface area contributed by atoms with Crippen LogP contribution in [0.1, 0.15) is 16.8 Å². The minimum absolute atomic E-state index is 0.495. The molecule has 0 N–H and O–H groups in total. The average molecular weight is 318 g/mol. The third kappa shape index (κ3) is 4.56. The molecule has 0 bridgehead atoms. The first-order valence-corrected chi connectivity index (χ1v) is 8.74. The van der Waals surface area contributed by atoms with Crippen molar-refractivity contribution >= 4 is 10.8 Å². The summed E-state index contributed by atoms with van der Waals surface area (Å²) in [7, 11) is 1.02. The van der Waals surface area contributed by atoms with Crippen LogP contribution in [0.4, 0.5) is 0 Å². The predicted molar refractivity (Wildman–Crippen MR) is 90.5 cm³/mol. The van der Waals surface area contributed by atoms with E-state index in [0.29, 0.717) is 18.1 Å². The molecule has 2 aromatic rings. The fourth-order valence-electron chi connectivity index (χ4n) is 2.19. The fraction of sp³-hybridized carbons (Fsp3) is 0.353. The molecular weight excluding hydrogens is 296 g/mol. The Morgan fingerprint density at radius 2 is 2.23 bits per heavy atom. The van der Waals surface area contributed by atoms with Crippen LogP contribution in [0.15, 0.2) is 43.1 Å². The van der Waals surface area contributed by atoms with Crippen molar-refractivity contribution in [3.05, 3.63) is 59.9 Å². The van der Waals surface area contributed by atoms with Crippen LogP contribution in [0.2, 0.25) is 0 Å². The lowest BCUT2D eigenvalue weighted by Gasteiger charge is -2.09. The van der Waals surface area contributed by atoms with Crippen molar-refractivity contribution in [2.75, 3.05) is 12.4 Å². The molecule has 0 aliphatic heterocycles. The molecule has 0 fully saturated rings. The molecule has 1 heterocycles. The van der Waals surface area contributed by atoms with Gasteiger partial charge in [-0.2, -0.15) is 5.10 Å². The van der Waals surface area contributed by atoms with Gasteiger partial charge >= 0.3 is 0 Å². The van der Waals surface area contributed by atoms with E-state index in [2.05, 4.69) is 11.7 Å². The lowest BCUT2D eigenvalue weighted by atomic mass is 10.1. The van der Waals surface area contributed by atoms with Crippen molar-refractivity contribution < 1.29 is 8.95 Å².